The molecule has 5 nitrogen and oxygen atoms in total. The summed E-state index contributed by atoms with van der Waals surface area (Å²) < 4.78 is 0. The standard InChI is InChI=1S/C17H25N3O2S/c1-13-8-19(9-14-4-7-23-11-14)12-17(13)5-6-20(16(17)22)10-15(21)18(2)3/h4,7,11,13H,5-6,8-10,12H2,1-3H3/t13-,17-/m1/s1. The molecule has 0 unspecified atom stereocenters. The number of nitrogens with zero attached hydrogens (tertiary/aromatic N) is 3. The lowest BCUT2D eigenvalue weighted by molar-refractivity contribution is -0.142. The van der Waals surface area contributed by atoms with Crippen molar-refractivity contribution in [2.45, 2.75) is 19.9 Å². The van der Waals surface area contributed by atoms with E-state index in [2.05, 4.69) is 28.7 Å². The summed E-state index contributed by atoms with van der Waals surface area (Å²) in [6.07, 6.45) is 0.869. The van der Waals surface area contributed by atoms with E-state index in [1.165, 1.54) is 5.56 Å². The largest absolute Gasteiger partial charge is 0.347 e. The van der Waals surface area contributed by atoms with Gasteiger partial charge >= 0.3 is 0 Å². The van der Waals surface area contributed by atoms with E-state index in [1.54, 1.807) is 35.2 Å². The molecule has 2 amide bonds. The number of likely N-dealkylation sites (tertiary alicyclic amines) is 2. The fourth-order valence-electron chi connectivity index (χ4n) is 3.86. The minimum atomic E-state index is -0.289. The number of hydrogen-bond acceptors (Lipinski definition) is 4. The Hall–Kier alpha value is -1.40. The SMILES string of the molecule is C[C@@H]1CN(Cc2ccsc2)C[C@]12CCN(CC(=O)N(C)C)C2=O. The van der Waals surface area contributed by atoms with Gasteiger partial charge in [-0.1, -0.05) is 6.92 Å². The molecule has 0 bridgehead atoms. The number of thiophene rings is 1. The van der Waals surface area contributed by atoms with Crippen molar-refractivity contribution >= 4 is 23.2 Å². The smallest absolute Gasteiger partial charge is 0.241 e. The Morgan fingerprint density at radius 2 is 2.26 bits per heavy atom. The molecule has 2 fully saturated rings. The van der Waals surface area contributed by atoms with Gasteiger partial charge in [0.2, 0.25) is 11.8 Å². The first kappa shape index (κ1) is 16.5. The fraction of sp³-hybridized carbons (Fsp3) is 0.647. The third-order valence-electron chi connectivity index (χ3n) is 5.33. The number of hydrogen-bond donors (Lipinski definition) is 0. The number of rotatable bonds is 4. The maximum atomic E-state index is 13.0. The molecule has 6 heteroatoms. The number of carbonyl (C=O) groups is 2. The summed E-state index contributed by atoms with van der Waals surface area (Å²) >= 11 is 1.71. The Labute approximate surface area is 141 Å². The summed E-state index contributed by atoms with van der Waals surface area (Å²) in [5.41, 5.74) is 1.03. The zero-order valence-corrected chi connectivity index (χ0v) is 14.9. The van der Waals surface area contributed by atoms with Crippen LogP contribution >= 0.6 is 11.3 Å². The van der Waals surface area contributed by atoms with Crippen molar-refractivity contribution < 1.29 is 9.59 Å². The number of amides is 2. The fourth-order valence-corrected chi connectivity index (χ4v) is 4.52. The van der Waals surface area contributed by atoms with Crippen molar-refractivity contribution in [3.05, 3.63) is 22.4 Å². The van der Waals surface area contributed by atoms with Gasteiger partial charge in [0.1, 0.15) is 0 Å². The molecule has 2 atom stereocenters. The summed E-state index contributed by atoms with van der Waals surface area (Å²) in [6.45, 7) is 5.79. The van der Waals surface area contributed by atoms with Gasteiger partial charge in [-0.25, -0.2) is 0 Å². The van der Waals surface area contributed by atoms with E-state index < -0.39 is 0 Å². The minimum Gasteiger partial charge on any atom is -0.347 e. The molecule has 0 N–H and O–H groups in total. The minimum absolute atomic E-state index is 0.00354. The Kier molecular flexibility index (Phi) is 4.47. The lowest BCUT2D eigenvalue weighted by atomic mass is 9.78. The Bertz CT molecular complexity index is 587. The Morgan fingerprint density at radius 3 is 2.91 bits per heavy atom. The van der Waals surface area contributed by atoms with Crippen LogP contribution in [0.5, 0.6) is 0 Å². The molecular weight excluding hydrogens is 310 g/mol. The van der Waals surface area contributed by atoms with Crippen molar-refractivity contribution in [1.82, 2.24) is 14.7 Å². The van der Waals surface area contributed by atoms with Gasteiger partial charge < -0.3 is 9.80 Å². The van der Waals surface area contributed by atoms with Gasteiger partial charge in [-0.2, -0.15) is 11.3 Å². The topological polar surface area (TPSA) is 43.9 Å². The van der Waals surface area contributed by atoms with Crippen molar-refractivity contribution in [2.75, 3.05) is 40.3 Å². The van der Waals surface area contributed by atoms with Crippen LogP contribution in [0.4, 0.5) is 0 Å². The maximum Gasteiger partial charge on any atom is 0.241 e. The highest BCUT2D eigenvalue weighted by molar-refractivity contribution is 7.07. The summed E-state index contributed by atoms with van der Waals surface area (Å²) in [7, 11) is 3.47. The second-order valence-corrected chi connectivity index (χ2v) is 7.90. The molecule has 23 heavy (non-hydrogen) atoms. The van der Waals surface area contributed by atoms with E-state index in [9.17, 15) is 9.59 Å². The van der Waals surface area contributed by atoms with Crippen LogP contribution in [0.15, 0.2) is 16.8 Å². The first-order chi connectivity index (χ1) is 10.9. The highest BCUT2D eigenvalue weighted by atomic mass is 32.1. The molecular formula is C17H25N3O2S. The van der Waals surface area contributed by atoms with E-state index in [-0.39, 0.29) is 23.8 Å². The number of carbonyl (C=O) groups excluding carboxylic acids is 2. The predicted molar refractivity (Wildman–Crippen MR) is 91.1 cm³/mol. The van der Waals surface area contributed by atoms with E-state index in [0.717, 1.165) is 26.1 Å². The normalized spacial score (nSPS) is 28.0. The third kappa shape index (κ3) is 3.02. The Balaban J connectivity index is 1.67. The van der Waals surface area contributed by atoms with Crippen molar-refractivity contribution in [3.63, 3.8) is 0 Å². The van der Waals surface area contributed by atoms with Crippen molar-refractivity contribution in [1.29, 1.82) is 0 Å². The van der Waals surface area contributed by atoms with E-state index in [0.29, 0.717) is 12.5 Å². The van der Waals surface area contributed by atoms with Crippen LogP contribution in [-0.4, -0.2) is 66.8 Å². The second-order valence-electron chi connectivity index (χ2n) is 7.12. The van der Waals surface area contributed by atoms with Crippen molar-refractivity contribution in [2.24, 2.45) is 11.3 Å². The molecule has 3 rings (SSSR count). The average Bonchev–Trinajstić information content (AvgIpc) is 3.18. The molecule has 2 aliphatic heterocycles. The molecule has 0 aromatic carbocycles. The summed E-state index contributed by atoms with van der Waals surface area (Å²) in [5, 5.41) is 4.27. The van der Waals surface area contributed by atoms with Gasteiger partial charge in [0.05, 0.1) is 12.0 Å². The molecule has 3 heterocycles. The zero-order chi connectivity index (χ0) is 16.6. The number of likely N-dealkylation sites (N-methyl/N-ethyl adjacent to an activating group) is 1. The predicted octanol–water partition coefficient (Wildman–Crippen LogP) is 1.51. The molecule has 0 radical (unpaired) electrons. The van der Waals surface area contributed by atoms with Gasteiger partial charge in [0.15, 0.2) is 0 Å². The Morgan fingerprint density at radius 1 is 1.48 bits per heavy atom. The molecule has 0 aliphatic carbocycles. The molecule has 1 spiro atoms. The molecule has 2 aliphatic rings. The first-order valence-corrected chi connectivity index (χ1v) is 9.09. The molecule has 0 saturated carbocycles. The van der Waals surface area contributed by atoms with Gasteiger partial charge in [-0.3, -0.25) is 14.5 Å². The lowest BCUT2D eigenvalue weighted by Crippen LogP contribution is -2.43. The van der Waals surface area contributed by atoms with Gasteiger partial charge in [0, 0.05) is 40.3 Å². The van der Waals surface area contributed by atoms with Crippen LogP contribution < -0.4 is 0 Å². The molecule has 1 aromatic heterocycles. The van der Waals surface area contributed by atoms with Crippen molar-refractivity contribution in [3.8, 4) is 0 Å². The summed E-state index contributed by atoms with van der Waals surface area (Å²) in [4.78, 5) is 30.6. The van der Waals surface area contributed by atoms with Crippen LogP contribution in [0, 0.1) is 11.3 Å². The quantitative estimate of drug-likeness (QED) is 0.838. The third-order valence-corrected chi connectivity index (χ3v) is 6.07. The van der Waals surface area contributed by atoms with Gasteiger partial charge in [-0.05, 0) is 34.7 Å². The first-order valence-electron chi connectivity index (χ1n) is 8.15. The second kappa shape index (κ2) is 6.24. The molecule has 1 aromatic rings. The highest BCUT2D eigenvalue weighted by Gasteiger charge is 2.55. The van der Waals surface area contributed by atoms with Crippen LogP contribution in [0.2, 0.25) is 0 Å². The van der Waals surface area contributed by atoms with Gasteiger partial charge in [0.25, 0.3) is 0 Å². The molecule has 2 saturated heterocycles. The van der Waals surface area contributed by atoms with Crippen LogP contribution in [0.1, 0.15) is 18.9 Å². The zero-order valence-electron chi connectivity index (χ0n) is 14.1. The summed E-state index contributed by atoms with van der Waals surface area (Å²) in [5.74, 6) is 0.511. The van der Waals surface area contributed by atoms with Gasteiger partial charge in [-0.15, -0.1) is 0 Å². The average molecular weight is 335 g/mol. The lowest BCUT2D eigenvalue weighted by Gasteiger charge is -2.27. The van der Waals surface area contributed by atoms with Crippen LogP contribution in [-0.2, 0) is 16.1 Å². The maximum absolute atomic E-state index is 13.0. The monoisotopic (exact) mass is 335 g/mol. The summed E-state index contributed by atoms with van der Waals surface area (Å²) in [6, 6.07) is 2.15. The van der Waals surface area contributed by atoms with Crippen LogP contribution in [0.25, 0.3) is 0 Å². The van der Waals surface area contributed by atoms with E-state index in [4.69, 9.17) is 0 Å². The van der Waals surface area contributed by atoms with Crippen LogP contribution in [0.3, 0.4) is 0 Å². The van der Waals surface area contributed by atoms with E-state index >= 15 is 0 Å². The highest BCUT2D eigenvalue weighted by Crippen LogP contribution is 2.45. The molecule has 126 valence electrons. The van der Waals surface area contributed by atoms with E-state index in [1.807, 2.05) is 0 Å².